The van der Waals surface area contributed by atoms with E-state index in [2.05, 4.69) is 11.9 Å². The SMILES string of the molecule is CN(CCOc1ccccc1N)C1CCCCC1O. The minimum absolute atomic E-state index is 0.194. The molecule has 4 heteroatoms. The molecule has 2 unspecified atom stereocenters. The second kappa shape index (κ2) is 6.78. The molecule has 0 heterocycles. The average Bonchev–Trinajstić information content (AvgIpc) is 2.41. The maximum absolute atomic E-state index is 10.00. The van der Waals surface area contributed by atoms with Crippen molar-refractivity contribution in [2.24, 2.45) is 0 Å². The molecule has 3 N–H and O–H groups in total. The van der Waals surface area contributed by atoms with Gasteiger partial charge < -0.3 is 15.6 Å². The Kier molecular flexibility index (Phi) is 5.05. The lowest BCUT2D eigenvalue weighted by molar-refractivity contribution is 0.0272. The summed E-state index contributed by atoms with van der Waals surface area (Å²) < 4.78 is 5.69. The summed E-state index contributed by atoms with van der Waals surface area (Å²) in [5, 5.41) is 10.00. The third-order valence-corrected chi connectivity index (χ3v) is 3.88. The molecule has 0 radical (unpaired) electrons. The fourth-order valence-electron chi connectivity index (χ4n) is 2.68. The summed E-state index contributed by atoms with van der Waals surface area (Å²) in [5.74, 6) is 0.736. The molecule has 2 atom stereocenters. The van der Waals surface area contributed by atoms with Gasteiger partial charge in [0, 0.05) is 12.6 Å². The van der Waals surface area contributed by atoms with Gasteiger partial charge in [-0.1, -0.05) is 25.0 Å². The number of likely N-dealkylation sites (N-methyl/N-ethyl adjacent to an activating group) is 1. The van der Waals surface area contributed by atoms with Gasteiger partial charge in [0.15, 0.2) is 0 Å². The molecule has 1 saturated carbocycles. The smallest absolute Gasteiger partial charge is 0.142 e. The minimum Gasteiger partial charge on any atom is -0.490 e. The Morgan fingerprint density at radius 3 is 2.79 bits per heavy atom. The van der Waals surface area contributed by atoms with Crippen LogP contribution in [0.25, 0.3) is 0 Å². The van der Waals surface area contributed by atoms with Crippen molar-refractivity contribution < 1.29 is 9.84 Å². The number of nitrogens with zero attached hydrogens (tertiary/aromatic N) is 1. The topological polar surface area (TPSA) is 58.7 Å². The summed E-state index contributed by atoms with van der Waals surface area (Å²) in [6, 6.07) is 7.80. The molecule has 2 rings (SSSR count). The van der Waals surface area contributed by atoms with Gasteiger partial charge in [-0.15, -0.1) is 0 Å². The number of aliphatic hydroxyl groups excluding tert-OH is 1. The molecular weight excluding hydrogens is 240 g/mol. The van der Waals surface area contributed by atoms with Crippen LogP contribution >= 0.6 is 0 Å². The van der Waals surface area contributed by atoms with Crippen molar-refractivity contribution in [1.82, 2.24) is 4.90 Å². The van der Waals surface area contributed by atoms with Gasteiger partial charge in [0.25, 0.3) is 0 Å². The van der Waals surface area contributed by atoms with Crippen molar-refractivity contribution in [3.8, 4) is 5.75 Å². The van der Waals surface area contributed by atoms with Crippen molar-refractivity contribution >= 4 is 5.69 Å². The lowest BCUT2D eigenvalue weighted by atomic mass is 9.92. The van der Waals surface area contributed by atoms with Crippen LogP contribution < -0.4 is 10.5 Å². The van der Waals surface area contributed by atoms with E-state index in [-0.39, 0.29) is 12.1 Å². The third-order valence-electron chi connectivity index (χ3n) is 3.88. The Labute approximate surface area is 115 Å². The maximum Gasteiger partial charge on any atom is 0.142 e. The number of hydrogen-bond acceptors (Lipinski definition) is 4. The first kappa shape index (κ1) is 14.2. The first-order chi connectivity index (χ1) is 9.18. The predicted octanol–water partition coefficient (Wildman–Crippen LogP) is 1.88. The molecule has 0 aliphatic heterocycles. The van der Waals surface area contributed by atoms with Crippen molar-refractivity contribution in [2.75, 3.05) is 25.9 Å². The molecule has 4 nitrogen and oxygen atoms in total. The lowest BCUT2D eigenvalue weighted by Gasteiger charge is -2.35. The quantitative estimate of drug-likeness (QED) is 0.797. The number of ether oxygens (including phenoxy) is 1. The Morgan fingerprint density at radius 1 is 1.32 bits per heavy atom. The van der Waals surface area contributed by atoms with E-state index in [4.69, 9.17) is 10.5 Å². The average molecular weight is 264 g/mol. The number of nitrogens with two attached hydrogens (primary N) is 1. The van der Waals surface area contributed by atoms with Crippen LogP contribution in [0.15, 0.2) is 24.3 Å². The van der Waals surface area contributed by atoms with Crippen molar-refractivity contribution in [1.29, 1.82) is 0 Å². The van der Waals surface area contributed by atoms with E-state index in [0.29, 0.717) is 12.3 Å². The molecule has 0 bridgehead atoms. The Hall–Kier alpha value is -1.26. The van der Waals surface area contributed by atoms with Crippen LogP contribution in [-0.2, 0) is 0 Å². The molecule has 1 aliphatic carbocycles. The van der Waals surface area contributed by atoms with E-state index >= 15 is 0 Å². The Balaban J connectivity index is 1.77. The maximum atomic E-state index is 10.00. The predicted molar refractivity (Wildman–Crippen MR) is 77.2 cm³/mol. The van der Waals surface area contributed by atoms with Crippen LogP contribution in [0, 0.1) is 0 Å². The normalized spacial score (nSPS) is 23.5. The first-order valence-electron chi connectivity index (χ1n) is 7.04. The van der Waals surface area contributed by atoms with Crippen molar-refractivity contribution in [2.45, 2.75) is 37.8 Å². The van der Waals surface area contributed by atoms with E-state index in [1.165, 1.54) is 6.42 Å². The molecule has 19 heavy (non-hydrogen) atoms. The highest BCUT2D eigenvalue weighted by atomic mass is 16.5. The zero-order valence-electron chi connectivity index (χ0n) is 11.6. The number of aliphatic hydroxyl groups is 1. The number of para-hydroxylation sites is 2. The largest absolute Gasteiger partial charge is 0.490 e. The zero-order chi connectivity index (χ0) is 13.7. The van der Waals surface area contributed by atoms with E-state index in [0.717, 1.165) is 31.6 Å². The molecule has 0 saturated heterocycles. The number of nitrogen functional groups attached to an aromatic ring is 1. The van der Waals surface area contributed by atoms with Crippen LogP contribution in [0.3, 0.4) is 0 Å². The number of hydrogen-bond donors (Lipinski definition) is 2. The van der Waals surface area contributed by atoms with Crippen molar-refractivity contribution in [3.63, 3.8) is 0 Å². The van der Waals surface area contributed by atoms with Gasteiger partial charge in [-0.05, 0) is 32.0 Å². The van der Waals surface area contributed by atoms with Gasteiger partial charge in [-0.3, -0.25) is 4.90 Å². The van der Waals surface area contributed by atoms with Gasteiger partial charge >= 0.3 is 0 Å². The van der Waals surface area contributed by atoms with Gasteiger partial charge in [0.05, 0.1) is 11.8 Å². The number of benzene rings is 1. The summed E-state index contributed by atoms with van der Waals surface area (Å²) in [6.45, 7) is 1.39. The van der Waals surface area contributed by atoms with Crippen LogP contribution in [-0.4, -0.2) is 42.4 Å². The number of anilines is 1. The molecule has 1 aliphatic rings. The van der Waals surface area contributed by atoms with Gasteiger partial charge in [-0.25, -0.2) is 0 Å². The molecule has 1 aromatic rings. The fourth-order valence-corrected chi connectivity index (χ4v) is 2.68. The number of rotatable bonds is 5. The summed E-state index contributed by atoms with van der Waals surface area (Å²) in [6.07, 6.45) is 4.15. The Morgan fingerprint density at radius 2 is 2.05 bits per heavy atom. The van der Waals surface area contributed by atoms with E-state index in [9.17, 15) is 5.11 Å². The van der Waals surface area contributed by atoms with Gasteiger partial charge in [0.2, 0.25) is 0 Å². The second-order valence-electron chi connectivity index (χ2n) is 5.29. The minimum atomic E-state index is -0.194. The van der Waals surface area contributed by atoms with Crippen LogP contribution in [0.2, 0.25) is 0 Å². The van der Waals surface area contributed by atoms with Gasteiger partial charge in [0.1, 0.15) is 12.4 Å². The van der Waals surface area contributed by atoms with E-state index in [1.54, 1.807) is 0 Å². The molecule has 0 spiro atoms. The zero-order valence-corrected chi connectivity index (χ0v) is 11.6. The fraction of sp³-hybridized carbons (Fsp3) is 0.600. The molecule has 0 amide bonds. The molecule has 1 fully saturated rings. The lowest BCUT2D eigenvalue weighted by Crippen LogP contribution is -2.44. The third kappa shape index (κ3) is 3.85. The highest BCUT2D eigenvalue weighted by molar-refractivity contribution is 5.51. The first-order valence-corrected chi connectivity index (χ1v) is 7.04. The molecule has 106 valence electrons. The van der Waals surface area contributed by atoms with Crippen LogP contribution in [0.5, 0.6) is 5.75 Å². The summed E-state index contributed by atoms with van der Waals surface area (Å²) in [4.78, 5) is 2.20. The molecular formula is C15H24N2O2. The van der Waals surface area contributed by atoms with E-state index in [1.807, 2.05) is 24.3 Å². The van der Waals surface area contributed by atoms with Gasteiger partial charge in [-0.2, -0.15) is 0 Å². The molecule has 0 aromatic heterocycles. The highest BCUT2D eigenvalue weighted by Gasteiger charge is 2.26. The Bertz CT molecular complexity index is 397. The van der Waals surface area contributed by atoms with Crippen molar-refractivity contribution in [3.05, 3.63) is 24.3 Å². The van der Waals surface area contributed by atoms with E-state index < -0.39 is 0 Å². The second-order valence-corrected chi connectivity index (χ2v) is 5.29. The monoisotopic (exact) mass is 264 g/mol. The molecule has 1 aromatic carbocycles. The summed E-state index contributed by atoms with van der Waals surface area (Å²) >= 11 is 0. The van der Waals surface area contributed by atoms with Crippen LogP contribution in [0.1, 0.15) is 25.7 Å². The van der Waals surface area contributed by atoms with Crippen LogP contribution in [0.4, 0.5) is 5.69 Å². The standard InChI is InChI=1S/C15H24N2O2/c1-17(13-7-3-4-8-14(13)18)10-11-19-15-9-5-2-6-12(15)16/h2,5-6,9,13-14,18H,3-4,7-8,10-11,16H2,1H3. The highest BCUT2D eigenvalue weighted by Crippen LogP contribution is 2.23. The summed E-state index contributed by atoms with van der Waals surface area (Å²) in [7, 11) is 2.05. The summed E-state index contributed by atoms with van der Waals surface area (Å²) in [5.41, 5.74) is 6.49.